The molecule has 0 spiro atoms. The van der Waals surface area contributed by atoms with Crippen LogP contribution < -0.4 is 5.32 Å². The zero-order chi connectivity index (χ0) is 63.5. The van der Waals surface area contributed by atoms with Crippen molar-refractivity contribution in [2.45, 2.75) is 475 Å². The van der Waals surface area contributed by atoms with Crippen molar-refractivity contribution >= 4 is 11.9 Å². The van der Waals surface area contributed by atoms with Crippen molar-refractivity contribution in [3.8, 4) is 0 Å². The minimum absolute atomic E-state index is 0.0168. The number of allylic oxidation sites excluding steroid dienone is 4. The molecule has 0 aromatic rings. The maximum Gasteiger partial charge on any atom is 0.305 e. The van der Waals surface area contributed by atoms with E-state index >= 15 is 0 Å². The van der Waals surface area contributed by atoms with Gasteiger partial charge in [-0.2, -0.15) is 0 Å². The molecule has 522 valence electrons. The molecule has 0 fully saturated rings. The van der Waals surface area contributed by atoms with Crippen LogP contribution >= 0.6 is 0 Å². The molecule has 0 aliphatic rings. The maximum atomic E-state index is 12.6. The molecule has 3 N–H and O–H groups in total. The van der Waals surface area contributed by atoms with Crippen molar-refractivity contribution in [3.05, 3.63) is 24.3 Å². The first kappa shape index (κ1) is 86.3. The number of nitrogens with one attached hydrogen (secondary N) is 1. The molecule has 0 saturated heterocycles. The molecule has 0 aliphatic carbocycles. The van der Waals surface area contributed by atoms with E-state index in [0.717, 1.165) is 44.9 Å². The predicted octanol–water partition coefficient (Wildman–Crippen LogP) is 26.8. The third-order valence-electron chi connectivity index (χ3n) is 19.3. The normalized spacial score (nSPS) is 12.5. The maximum absolute atomic E-state index is 12.6. The fourth-order valence-corrected chi connectivity index (χ4v) is 13.1. The first-order valence-electron chi connectivity index (χ1n) is 40.6. The van der Waals surface area contributed by atoms with Crippen LogP contribution in [0.2, 0.25) is 0 Å². The minimum Gasteiger partial charge on any atom is -0.466 e. The molecule has 0 rings (SSSR count). The van der Waals surface area contributed by atoms with Crippen molar-refractivity contribution in [2.75, 3.05) is 13.2 Å². The number of carbonyl (C=O) groups excluding carboxylic acids is 2. The van der Waals surface area contributed by atoms with Crippen LogP contribution in [0.1, 0.15) is 463 Å². The molecule has 0 heterocycles. The lowest BCUT2D eigenvalue weighted by atomic mass is 10.0. The van der Waals surface area contributed by atoms with E-state index in [9.17, 15) is 19.8 Å². The van der Waals surface area contributed by atoms with Gasteiger partial charge in [-0.05, 0) is 57.8 Å². The standard InChI is InChI=1S/C82H159NO5/c1-3-5-7-9-11-13-15-17-18-19-20-21-22-32-35-38-41-44-47-51-54-58-62-66-70-74-80(85)79(78-84)83-81(86)75-71-67-63-59-55-52-48-45-42-39-36-33-30-28-26-24-23-25-27-29-31-34-37-40-43-46-49-53-57-61-65-69-73-77-88-82(87)76-72-68-64-60-56-50-16-14-12-10-8-6-4-2/h27,29,34,37,79-80,84-85H,3-26,28,30-33,35-36,38-78H2,1-2H3,(H,83,86)/b29-27-,37-34-. The van der Waals surface area contributed by atoms with Gasteiger partial charge in [-0.25, -0.2) is 0 Å². The zero-order valence-corrected chi connectivity index (χ0v) is 60.0. The van der Waals surface area contributed by atoms with E-state index in [4.69, 9.17) is 4.74 Å². The monoisotopic (exact) mass is 1240 g/mol. The van der Waals surface area contributed by atoms with Crippen LogP contribution in [-0.4, -0.2) is 47.4 Å². The largest absolute Gasteiger partial charge is 0.466 e. The van der Waals surface area contributed by atoms with Gasteiger partial charge in [0.2, 0.25) is 5.91 Å². The average molecular weight is 1240 g/mol. The Morgan fingerprint density at radius 2 is 0.568 bits per heavy atom. The fraction of sp³-hybridized carbons (Fsp3) is 0.927. The number of amides is 1. The van der Waals surface area contributed by atoms with Gasteiger partial charge in [-0.15, -0.1) is 0 Å². The van der Waals surface area contributed by atoms with Crippen LogP contribution in [0.15, 0.2) is 24.3 Å². The molecule has 88 heavy (non-hydrogen) atoms. The summed E-state index contributed by atoms with van der Waals surface area (Å²) < 4.78 is 5.49. The molecule has 0 bridgehead atoms. The Bertz CT molecular complexity index is 1380. The Balaban J connectivity index is 3.38. The Hall–Kier alpha value is -1.66. The number of hydrogen-bond acceptors (Lipinski definition) is 5. The first-order valence-corrected chi connectivity index (χ1v) is 40.6. The summed E-state index contributed by atoms with van der Waals surface area (Å²) in [6, 6.07) is -0.542. The first-order chi connectivity index (χ1) is 43.5. The van der Waals surface area contributed by atoms with E-state index in [0.29, 0.717) is 25.9 Å². The molecule has 2 unspecified atom stereocenters. The van der Waals surface area contributed by atoms with Gasteiger partial charge in [0.25, 0.3) is 0 Å². The lowest BCUT2D eigenvalue weighted by Gasteiger charge is -2.22. The molecular weight excluding hydrogens is 1080 g/mol. The molecular formula is C82H159NO5. The molecule has 6 heteroatoms. The molecule has 0 aromatic carbocycles. The number of hydrogen-bond donors (Lipinski definition) is 3. The lowest BCUT2D eigenvalue weighted by molar-refractivity contribution is -0.143. The van der Waals surface area contributed by atoms with Gasteiger partial charge >= 0.3 is 5.97 Å². The molecule has 2 atom stereocenters. The Labute approximate surface area is 551 Å². The van der Waals surface area contributed by atoms with Gasteiger partial charge in [0.1, 0.15) is 0 Å². The highest BCUT2D eigenvalue weighted by molar-refractivity contribution is 5.76. The van der Waals surface area contributed by atoms with E-state index in [1.165, 1.54) is 385 Å². The average Bonchev–Trinajstić information content (AvgIpc) is 3.53. The van der Waals surface area contributed by atoms with Crippen molar-refractivity contribution in [3.63, 3.8) is 0 Å². The summed E-state index contributed by atoms with van der Waals surface area (Å²) in [5.41, 5.74) is 0. The van der Waals surface area contributed by atoms with Crippen molar-refractivity contribution < 1.29 is 24.5 Å². The second-order valence-corrected chi connectivity index (χ2v) is 28.1. The second-order valence-electron chi connectivity index (χ2n) is 28.1. The SMILES string of the molecule is CCCCCCCCCCCCCCCCCCCCCCCCCCCC(O)C(CO)NC(=O)CCCCCCCCCCCCCCCCCCC/C=C\C/C=C\CCCCCCCCCCCOC(=O)CCCCCCCCCCCCCCC. The number of rotatable bonds is 77. The van der Waals surface area contributed by atoms with Crippen molar-refractivity contribution in [2.24, 2.45) is 0 Å². The quantitative estimate of drug-likeness (QED) is 0.0320. The third kappa shape index (κ3) is 73.4. The van der Waals surface area contributed by atoms with E-state index in [1.807, 2.05) is 0 Å². The fourth-order valence-electron chi connectivity index (χ4n) is 13.1. The van der Waals surface area contributed by atoms with Gasteiger partial charge < -0.3 is 20.3 Å². The molecule has 0 saturated carbocycles. The Morgan fingerprint density at radius 1 is 0.318 bits per heavy atom. The highest BCUT2D eigenvalue weighted by Gasteiger charge is 2.20. The smallest absolute Gasteiger partial charge is 0.305 e. The summed E-state index contributed by atoms with van der Waals surface area (Å²) in [6.07, 6.45) is 99.9. The summed E-state index contributed by atoms with van der Waals surface area (Å²) in [6.45, 7) is 5.00. The number of aliphatic hydroxyl groups is 2. The lowest BCUT2D eigenvalue weighted by Crippen LogP contribution is -2.45. The van der Waals surface area contributed by atoms with Gasteiger partial charge in [-0.1, -0.05) is 417 Å². The number of carbonyl (C=O) groups is 2. The summed E-state index contributed by atoms with van der Waals surface area (Å²) in [5, 5.41) is 23.5. The van der Waals surface area contributed by atoms with Crippen LogP contribution in [0.3, 0.4) is 0 Å². The molecule has 0 radical (unpaired) electrons. The zero-order valence-electron chi connectivity index (χ0n) is 60.0. The summed E-state index contributed by atoms with van der Waals surface area (Å²) >= 11 is 0. The van der Waals surface area contributed by atoms with Crippen LogP contribution in [-0.2, 0) is 14.3 Å². The van der Waals surface area contributed by atoms with E-state index in [-0.39, 0.29) is 18.5 Å². The van der Waals surface area contributed by atoms with E-state index < -0.39 is 12.1 Å². The predicted molar refractivity (Wildman–Crippen MR) is 389 cm³/mol. The van der Waals surface area contributed by atoms with Crippen LogP contribution in [0.5, 0.6) is 0 Å². The van der Waals surface area contributed by atoms with Crippen LogP contribution in [0.25, 0.3) is 0 Å². The number of unbranched alkanes of at least 4 members (excludes halogenated alkanes) is 62. The molecule has 0 aromatic heterocycles. The van der Waals surface area contributed by atoms with Gasteiger partial charge in [0.05, 0.1) is 25.4 Å². The summed E-state index contributed by atoms with van der Waals surface area (Å²) in [7, 11) is 0. The number of ether oxygens (including phenoxy) is 1. The van der Waals surface area contributed by atoms with Gasteiger partial charge in [0, 0.05) is 12.8 Å². The highest BCUT2D eigenvalue weighted by atomic mass is 16.5. The summed E-state index contributed by atoms with van der Waals surface area (Å²) in [4.78, 5) is 24.6. The molecule has 1 amide bonds. The van der Waals surface area contributed by atoms with Gasteiger partial charge in [0.15, 0.2) is 0 Å². The van der Waals surface area contributed by atoms with E-state index in [2.05, 4.69) is 43.5 Å². The van der Waals surface area contributed by atoms with E-state index in [1.54, 1.807) is 0 Å². The Kier molecular flexibility index (Phi) is 76.3. The highest BCUT2D eigenvalue weighted by Crippen LogP contribution is 2.20. The van der Waals surface area contributed by atoms with Crippen molar-refractivity contribution in [1.29, 1.82) is 0 Å². The number of esters is 1. The topological polar surface area (TPSA) is 95.9 Å². The third-order valence-corrected chi connectivity index (χ3v) is 19.3. The molecule has 6 nitrogen and oxygen atoms in total. The summed E-state index contributed by atoms with van der Waals surface area (Å²) in [5.74, 6) is -0.0102. The van der Waals surface area contributed by atoms with Gasteiger partial charge in [-0.3, -0.25) is 9.59 Å². The molecule has 0 aliphatic heterocycles. The number of aliphatic hydroxyl groups excluding tert-OH is 2. The van der Waals surface area contributed by atoms with Crippen LogP contribution in [0, 0.1) is 0 Å². The minimum atomic E-state index is -0.665. The van der Waals surface area contributed by atoms with Crippen molar-refractivity contribution in [1.82, 2.24) is 5.32 Å². The Morgan fingerprint density at radius 3 is 0.864 bits per heavy atom. The van der Waals surface area contributed by atoms with Crippen LogP contribution in [0.4, 0.5) is 0 Å². The second kappa shape index (κ2) is 77.8.